The Kier molecular flexibility index (Phi) is 6.80. The minimum atomic E-state index is 0.688. The van der Waals surface area contributed by atoms with Crippen molar-refractivity contribution in [3.63, 3.8) is 0 Å². The molecule has 0 saturated heterocycles. The number of rotatable bonds is 4. The molecule has 0 fully saturated rings. The smallest absolute Gasteiger partial charge is 0.161 e. The Hall–Kier alpha value is -7.14. The van der Waals surface area contributed by atoms with Crippen LogP contribution in [0.3, 0.4) is 0 Å². The predicted octanol–water partition coefficient (Wildman–Crippen LogP) is 14.9. The summed E-state index contributed by atoms with van der Waals surface area (Å²) in [6.45, 7) is 0. The monoisotopic (exact) mass is 730 g/mol. The molecule has 0 spiro atoms. The molecule has 3 aromatic heterocycles. The van der Waals surface area contributed by atoms with E-state index in [0.29, 0.717) is 5.82 Å². The maximum atomic E-state index is 6.54. The topological polar surface area (TPSA) is 38.9 Å². The molecule has 9 aromatic carbocycles. The van der Waals surface area contributed by atoms with E-state index in [9.17, 15) is 0 Å². The maximum absolute atomic E-state index is 6.54. The zero-order valence-electron chi connectivity index (χ0n) is 30.0. The van der Waals surface area contributed by atoms with Gasteiger partial charge in [-0.25, -0.2) is 9.97 Å². The number of benzene rings is 9. The molecule has 0 aliphatic heterocycles. The Balaban J connectivity index is 1.05. The zero-order chi connectivity index (χ0) is 36.7. The Morgan fingerprint density at radius 1 is 0.393 bits per heavy atom. The lowest BCUT2D eigenvalue weighted by Crippen LogP contribution is -1.94. The quantitative estimate of drug-likeness (QED) is 0.169. The van der Waals surface area contributed by atoms with Crippen LogP contribution in [0.15, 0.2) is 186 Å². The van der Waals surface area contributed by atoms with Gasteiger partial charge in [-0.2, -0.15) is 0 Å². The van der Waals surface area contributed by atoms with Crippen LogP contribution in [0.2, 0.25) is 0 Å². The Labute approximate surface area is 325 Å². The fourth-order valence-corrected chi connectivity index (χ4v) is 9.75. The third kappa shape index (κ3) is 4.83. The van der Waals surface area contributed by atoms with Gasteiger partial charge in [0, 0.05) is 32.0 Å². The molecule has 260 valence electrons. The number of hydrogen-bond donors (Lipinski definition) is 0. The molecular formula is C52H30N2OS. The molecule has 0 aliphatic rings. The lowest BCUT2D eigenvalue weighted by Gasteiger charge is -2.12. The van der Waals surface area contributed by atoms with Crippen LogP contribution in [0.1, 0.15) is 0 Å². The van der Waals surface area contributed by atoms with E-state index in [1.807, 2.05) is 12.1 Å². The molecule has 3 heterocycles. The predicted molar refractivity (Wildman–Crippen MR) is 236 cm³/mol. The van der Waals surface area contributed by atoms with E-state index in [1.165, 1.54) is 48.1 Å². The van der Waals surface area contributed by atoms with Crippen molar-refractivity contribution >= 4 is 85.9 Å². The highest BCUT2D eigenvalue weighted by atomic mass is 32.1. The standard InChI is InChI=1S/C52H30N2OS/c1-2-12-32-28-37(24-23-31(32)11-1)49-51-50(41-19-7-8-22-47(41)56-51)54-52(53-49)42-20-10-21-46-48(42)44-29-34(25-26-45(44)55-46)33-14-9-15-35(27-33)43-30-36-13-3-4-16-38(36)39-17-5-6-18-40(39)43/h1-30H. The summed E-state index contributed by atoms with van der Waals surface area (Å²) in [6.07, 6.45) is 0. The molecule has 0 N–H and O–H groups in total. The van der Waals surface area contributed by atoms with Crippen LogP contribution >= 0.6 is 11.3 Å². The van der Waals surface area contributed by atoms with Crippen LogP contribution in [0, 0.1) is 0 Å². The third-order valence-electron chi connectivity index (χ3n) is 11.3. The highest BCUT2D eigenvalue weighted by Gasteiger charge is 2.20. The minimum Gasteiger partial charge on any atom is -0.456 e. The number of hydrogen-bond acceptors (Lipinski definition) is 4. The van der Waals surface area contributed by atoms with E-state index < -0.39 is 0 Å². The summed E-state index contributed by atoms with van der Waals surface area (Å²) in [4.78, 5) is 10.8. The van der Waals surface area contributed by atoms with Crippen LogP contribution in [-0.2, 0) is 0 Å². The molecule has 56 heavy (non-hydrogen) atoms. The first-order chi connectivity index (χ1) is 27.7. The molecule has 0 unspecified atom stereocenters. The summed E-state index contributed by atoms with van der Waals surface area (Å²) in [5.74, 6) is 0.688. The summed E-state index contributed by atoms with van der Waals surface area (Å²) >= 11 is 1.76. The van der Waals surface area contributed by atoms with Gasteiger partial charge < -0.3 is 4.42 Å². The third-order valence-corrected chi connectivity index (χ3v) is 12.4. The Morgan fingerprint density at radius 2 is 1.11 bits per heavy atom. The summed E-state index contributed by atoms with van der Waals surface area (Å²) in [5.41, 5.74) is 10.3. The molecule has 3 nitrogen and oxygen atoms in total. The molecule has 0 saturated carbocycles. The van der Waals surface area contributed by atoms with E-state index in [1.54, 1.807) is 11.3 Å². The average molecular weight is 731 g/mol. The van der Waals surface area contributed by atoms with E-state index in [2.05, 4.69) is 170 Å². The summed E-state index contributed by atoms with van der Waals surface area (Å²) in [5, 5.41) is 10.6. The molecule has 0 radical (unpaired) electrons. The maximum Gasteiger partial charge on any atom is 0.161 e. The number of aromatic nitrogens is 2. The second-order valence-corrected chi connectivity index (χ2v) is 15.5. The van der Waals surface area contributed by atoms with Crippen molar-refractivity contribution in [3.05, 3.63) is 182 Å². The van der Waals surface area contributed by atoms with E-state index in [0.717, 1.165) is 65.5 Å². The first kappa shape index (κ1) is 31.2. The Bertz CT molecular complexity index is 3560. The fourth-order valence-electron chi connectivity index (χ4n) is 8.60. The van der Waals surface area contributed by atoms with Crippen molar-refractivity contribution in [2.75, 3.05) is 0 Å². The van der Waals surface area contributed by atoms with Gasteiger partial charge in [0.2, 0.25) is 0 Å². The average Bonchev–Trinajstić information content (AvgIpc) is 3.84. The zero-order valence-corrected chi connectivity index (χ0v) is 30.8. The highest BCUT2D eigenvalue weighted by Crippen LogP contribution is 2.43. The molecule has 0 bridgehead atoms. The largest absolute Gasteiger partial charge is 0.456 e. The van der Waals surface area contributed by atoms with Crippen LogP contribution in [0.25, 0.3) is 119 Å². The van der Waals surface area contributed by atoms with Gasteiger partial charge in [-0.3, -0.25) is 0 Å². The Morgan fingerprint density at radius 3 is 2.02 bits per heavy atom. The first-order valence-electron chi connectivity index (χ1n) is 18.9. The lowest BCUT2D eigenvalue weighted by atomic mass is 9.91. The van der Waals surface area contributed by atoms with Crippen molar-refractivity contribution < 1.29 is 4.42 Å². The van der Waals surface area contributed by atoms with Crippen LogP contribution < -0.4 is 0 Å². The van der Waals surface area contributed by atoms with Crippen molar-refractivity contribution in [1.29, 1.82) is 0 Å². The lowest BCUT2D eigenvalue weighted by molar-refractivity contribution is 0.669. The van der Waals surface area contributed by atoms with Gasteiger partial charge in [-0.1, -0.05) is 140 Å². The van der Waals surface area contributed by atoms with E-state index >= 15 is 0 Å². The SMILES string of the molecule is c1cc(-c2ccc3oc4cccc(-c5nc(-c6ccc7ccccc7c6)c6sc7ccccc7c6n5)c4c3c2)cc(-c2cc3ccccc3c3ccccc23)c1. The number of nitrogens with zero attached hydrogens (tertiary/aromatic N) is 2. The van der Waals surface area contributed by atoms with Gasteiger partial charge in [0.1, 0.15) is 11.2 Å². The van der Waals surface area contributed by atoms with E-state index in [4.69, 9.17) is 14.4 Å². The fraction of sp³-hybridized carbons (Fsp3) is 0. The molecule has 0 aliphatic carbocycles. The molecule has 12 rings (SSSR count). The van der Waals surface area contributed by atoms with Crippen LogP contribution in [-0.4, -0.2) is 9.97 Å². The van der Waals surface area contributed by atoms with Gasteiger partial charge in [-0.05, 0) is 97.0 Å². The highest BCUT2D eigenvalue weighted by molar-refractivity contribution is 7.26. The molecule has 12 aromatic rings. The normalized spacial score (nSPS) is 11.9. The second kappa shape index (κ2) is 12.2. The summed E-state index contributed by atoms with van der Waals surface area (Å²) < 4.78 is 8.83. The van der Waals surface area contributed by atoms with Crippen molar-refractivity contribution in [2.45, 2.75) is 0 Å². The van der Waals surface area contributed by atoms with Gasteiger partial charge >= 0.3 is 0 Å². The number of fused-ring (bicyclic) bond motifs is 10. The van der Waals surface area contributed by atoms with Crippen molar-refractivity contribution in [3.8, 4) is 44.9 Å². The molecule has 4 heteroatoms. The first-order valence-corrected chi connectivity index (χ1v) is 19.7. The minimum absolute atomic E-state index is 0.688. The van der Waals surface area contributed by atoms with Gasteiger partial charge in [0.05, 0.1) is 15.9 Å². The van der Waals surface area contributed by atoms with Gasteiger partial charge in [0.15, 0.2) is 5.82 Å². The summed E-state index contributed by atoms with van der Waals surface area (Å²) in [6, 6.07) is 65.0. The number of furan rings is 1. The van der Waals surface area contributed by atoms with Crippen molar-refractivity contribution in [1.82, 2.24) is 9.97 Å². The van der Waals surface area contributed by atoms with Gasteiger partial charge in [0.25, 0.3) is 0 Å². The second-order valence-electron chi connectivity index (χ2n) is 14.5. The van der Waals surface area contributed by atoms with E-state index in [-0.39, 0.29) is 0 Å². The van der Waals surface area contributed by atoms with Crippen LogP contribution in [0.5, 0.6) is 0 Å². The van der Waals surface area contributed by atoms with Crippen molar-refractivity contribution in [2.24, 2.45) is 0 Å². The van der Waals surface area contributed by atoms with Gasteiger partial charge in [-0.15, -0.1) is 11.3 Å². The molecule has 0 amide bonds. The summed E-state index contributed by atoms with van der Waals surface area (Å²) in [7, 11) is 0. The molecular weight excluding hydrogens is 701 g/mol. The number of thiophene rings is 1. The van der Waals surface area contributed by atoms with Crippen LogP contribution in [0.4, 0.5) is 0 Å². The molecule has 0 atom stereocenters.